The molecular formula is C14H17N3OS. The fourth-order valence-electron chi connectivity index (χ4n) is 2.42. The number of rotatable bonds is 3. The molecule has 1 aliphatic heterocycles. The van der Waals surface area contributed by atoms with Crippen LogP contribution >= 0.6 is 11.8 Å². The monoisotopic (exact) mass is 275 g/mol. The molecule has 3 rings (SSSR count). The van der Waals surface area contributed by atoms with Gasteiger partial charge in [0, 0.05) is 42.3 Å². The molecule has 1 unspecified atom stereocenters. The van der Waals surface area contributed by atoms with Gasteiger partial charge in [0.1, 0.15) is 0 Å². The minimum absolute atomic E-state index is 0.0276. The molecule has 0 saturated carbocycles. The van der Waals surface area contributed by atoms with Crippen LogP contribution in [-0.4, -0.2) is 40.5 Å². The lowest BCUT2D eigenvalue weighted by molar-refractivity contribution is -0.131. The van der Waals surface area contributed by atoms with Crippen molar-refractivity contribution in [1.82, 2.24) is 15.2 Å². The molecule has 100 valence electrons. The number of likely N-dealkylation sites (N-methyl/N-ethyl adjacent to an activating group) is 1. The lowest BCUT2D eigenvalue weighted by Crippen LogP contribution is -2.42. The van der Waals surface area contributed by atoms with Crippen LogP contribution in [0.15, 0.2) is 30.5 Å². The van der Waals surface area contributed by atoms with Gasteiger partial charge in [0.25, 0.3) is 0 Å². The van der Waals surface area contributed by atoms with E-state index >= 15 is 0 Å². The average molecular weight is 275 g/mol. The van der Waals surface area contributed by atoms with Crippen LogP contribution in [0.2, 0.25) is 0 Å². The predicted molar refractivity (Wildman–Crippen MR) is 79.0 cm³/mol. The normalized spacial score (nSPS) is 18.9. The number of hydrogen-bond donors (Lipinski definition) is 2. The van der Waals surface area contributed by atoms with Crippen molar-refractivity contribution >= 4 is 28.6 Å². The van der Waals surface area contributed by atoms with E-state index in [0.717, 1.165) is 22.7 Å². The van der Waals surface area contributed by atoms with E-state index in [1.807, 2.05) is 25.4 Å². The van der Waals surface area contributed by atoms with Gasteiger partial charge in [-0.2, -0.15) is 0 Å². The fourth-order valence-corrected chi connectivity index (χ4v) is 3.35. The summed E-state index contributed by atoms with van der Waals surface area (Å²) in [4.78, 5) is 17.3. The van der Waals surface area contributed by atoms with Crippen LogP contribution in [0.4, 0.5) is 0 Å². The van der Waals surface area contributed by atoms with Gasteiger partial charge in [-0.05, 0) is 11.6 Å². The van der Waals surface area contributed by atoms with Crippen molar-refractivity contribution in [2.75, 3.05) is 18.7 Å². The molecule has 1 aromatic carbocycles. The molecule has 1 fully saturated rings. The topological polar surface area (TPSA) is 48.1 Å². The van der Waals surface area contributed by atoms with E-state index < -0.39 is 0 Å². The molecule has 1 amide bonds. The summed E-state index contributed by atoms with van der Waals surface area (Å²) in [5.41, 5.74) is 2.28. The van der Waals surface area contributed by atoms with Gasteiger partial charge in [-0.1, -0.05) is 18.2 Å². The first-order valence-electron chi connectivity index (χ1n) is 6.37. The first kappa shape index (κ1) is 12.6. The molecule has 1 aliphatic rings. The highest BCUT2D eigenvalue weighted by molar-refractivity contribution is 7.99. The molecule has 1 saturated heterocycles. The molecular weight excluding hydrogens is 258 g/mol. The number of fused-ring (bicyclic) bond motifs is 1. The van der Waals surface area contributed by atoms with Crippen LogP contribution in [0.1, 0.15) is 5.56 Å². The zero-order valence-corrected chi connectivity index (χ0v) is 11.7. The zero-order chi connectivity index (χ0) is 13.2. The molecule has 0 spiro atoms. The number of H-pyrrole nitrogens is 1. The second-order valence-electron chi connectivity index (χ2n) is 4.83. The van der Waals surface area contributed by atoms with Crippen molar-refractivity contribution in [3.8, 4) is 0 Å². The van der Waals surface area contributed by atoms with Gasteiger partial charge in [-0.15, -0.1) is 11.8 Å². The highest BCUT2D eigenvalue weighted by Crippen LogP contribution is 2.20. The summed E-state index contributed by atoms with van der Waals surface area (Å²) in [7, 11) is 1.87. The molecule has 4 nitrogen and oxygen atoms in total. The Balaban J connectivity index is 1.75. The SMILES string of the molecule is CN(Cc1c[nH]c2ccccc12)C(=O)C1CSCN1. The molecule has 0 bridgehead atoms. The summed E-state index contributed by atoms with van der Waals surface area (Å²) in [5.74, 6) is 1.92. The highest BCUT2D eigenvalue weighted by Gasteiger charge is 2.25. The Hall–Kier alpha value is -1.46. The van der Waals surface area contributed by atoms with Crippen LogP contribution in [-0.2, 0) is 11.3 Å². The number of hydrogen-bond acceptors (Lipinski definition) is 3. The number of carbonyl (C=O) groups excluding carboxylic acids is 1. The lowest BCUT2D eigenvalue weighted by atomic mass is 10.1. The Morgan fingerprint density at radius 3 is 3.11 bits per heavy atom. The highest BCUT2D eigenvalue weighted by atomic mass is 32.2. The maximum atomic E-state index is 12.2. The van der Waals surface area contributed by atoms with Crippen molar-refractivity contribution in [3.05, 3.63) is 36.0 Å². The van der Waals surface area contributed by atoms with Crippen molar-refractivity contribution < 1.29 is 4.79 Å². The third-order valence-corrected chi connectivity index (χ3v) is 4.41. The summed E-state index contributed by atoms with van der Waals surface area (Å²) < 4.78 is 0. The van der Waals surface area contributed by atoms with Crippen LogP contribution in [0.3, 0.4) is 0 Å². The smallest absolute Gasteiger partial charge is 0.240 e. The number of aromatic nitrogens is 1. The number of amides is 1. The van der Waals surface area contributed by atoms with E-state index in [1.165, 1.54) is 5.39 Å². The van der Waals surface area contributed by atoms with Gasteiger partial charge in [-0.3, -0.25) is 10.1 Å². The van der Waals surface area contributed by atoms with E-state index in [9.17, 15) is 4.79 Å². The van der Waals surface area contributed by atoms with Crippen molar-refractivity contribution in [2.45, 2.75) is 12.6 Å². The van der Waals surface area contributed by atoms with Crippen LogP contribution in [0.5, 0.6) is 0 Å². The second-order valence-corrected chi connectivity index (χ2v) is 5.86. The molecule has 1 aromatic heterocycles. The van der Waals surface area contributed by atoms with E-state index in [2.05, 4.69) is 22.4 Å². The fraction of sp³-hybridized carbons (Fsp3) is 0.357. The van der Waals surface area contributed by atoms with E-state index in [1.54, 1.807) is 16.7 Å². The average Bonchev–Trinajstić information content (AvgIpc) is 3.08. The summed E-state index contributed by atoms with van der Waals surface area (Å²) in [6.45, 7) is 0.645. The lowest BCUT2D eigenvalue weighted by Gasteiger charge is -2.20. The number of carbonyl (C=O) groups is 1. The standard InChI is InChI=1S/C14H17N3OS/c1-17(14(18)13-8-19-9-16-13)7-10-6-15-12-5-3-2-4-11(10)12/h2-6,13,15-16H,7-9H2,1H3. The Morgan fingerprint density at radius 2 is 2.32 bits per heavy atom. The van der Waals surface area contributed by atoms with Gasteiger partial charge < -0.3 is 9.88 Å². The van der Waals surface area contributed by atoms with Gasteiger partial charge in [0.2, 0.25) is 5.91 Å². The zero-order valence-electron chi connectivity index (χ0n) is 10.8. The number of aromatic amines is 1. The summed E-state index contributed by atoms with van der Waals surface area (Å²) in [6, 6.07) is 8.15. The molecule has 5 heteroatoms. The minimum atomic E-state index is -0.0276. The van der Waals surface area contributed by atoms with Crippen molar-refractivity contribution in [2.24, 2.45) is 0 Å². The van der Waals surface area contributed by atoms with Gasteiger partial charge in [-0.25, -0.2) is 0 Å². The maximum absolute atomic E-state index is 12.2. The summed E-state index contributed by atoms with van der Waals surface area (Å²) in [6.07, 6.45) is 1.99. The molecule has 2 heterocycles. The maximum Gasteiger partial charge on any atom is 0.240 e. The Kier molecular flexibility index (Phi) is 3.48. The van der Waals surface area contributed by atoms with E-state index in [-0.39, 0.29) is 11.9 Å². The second kappa shape index (κ2) is 5.27. The van der Waals surface area contributed by atoms with Gasteiger partial charge >= 0.3 is 0 Å². The van der Waals surface area contributed by atoms with Gasteiger partial charge in [0.05, 0.1) is 6.04 Å². The quantitative estimate of drug-likeness (QED) is 0.898. The molecule has 0 aliphatic carbocycles. The summed E-state index contributed by atoms with van der Waals surface area (Å²) >= 11 is 1.77. The Labute approximate surface area is 116 Å². The summed E-state index contributed by atoms with van der Waals surface area (Å²) in [5, 5.41) is 4.41. The molecule has 19 heavy (non-hydrogen) atoms. The van der Waals surface area contributed by atoms with Crippen LogP contribution in [0.25, 0.3) is 10.9 Å². The molecule has 2 aromatic rings. The van der Waals surface area contributed by atoms with E-state index in [0.29, 0.717) is 6.54 Å². The third kappa shape index (κ3) is 2.48. The van der Waals surface area contributed by atoms with Gasteiger partial charge in [0.15, 0.2) is 0 Å². The largest absolute Gasteiger partial charge is 0.361 e. The first-order chi connectivity index (χ1) is 9.25. The number of nitrogens with one attached hydrogen (secondary N) is 2. The number of benzene rings is 1. The van der Waals surface area contributed by atoms with Crippen LogP contribution < -0.4 is 5.32 Å². The minimum Gasteiger partial charge on any atom is -0.361 e. The number of thioether (sulfide) groups is 1. The van der Waals surface area contributed by atoms with Crippen molar-refractivity contribution in [3.63, 3.8) is 0 Å². The first-order valence-corrected chi connectivity index (χ1v) is 7.52. The van der Waals surface area contributed by atoms with E-state index in [4.69, 9.17) is 0 Å². The number of para-hydroxylation sites is 1. The number of nitrogens with zero attached hydrogens (tertiary/aromatic N) is 1. The molecule has 0 radical (unpaired) electrons. The van der Waals surface area contributed by atoms with Crippen molar-refractivity contribution in [1.29, 1.82) is 0 Å². The Bertz CT molecular complexity index is 589. The molecule has 2 N–H and O–H groups in total. The Morgan fingerprint density at radius 1 is 1.47 bits per heavy atom. The van der Waals surface area contributed by atoms with Crippen LogP contribution in [0, 0.1) is 0 Å². The molecule has 1 atom stereocenters. The predicted octanol–water partition coefficient (Wildman–Crippen LogP) is 1.79. The third-order valence-electron chi connectivity index (χ3n) is 3.47.